The van der Waals surface area contributed by atoms with Crippen molar-refractivity contribution in [3.63, 3.8) is 0 Å². The van der Waals surface area contributed by atoms with Gasteiger partial charge in [0.25, 0.3) is 0 Å². The van der Waals surface area contributed by atoms with Gasteiger partial charge in [0, 0.05) is 15.3 Å². The van der Waals surface area contributed by atoms with Gasteiger partial charge in [-0.05, 0) is 80.5 Å². The lowest BCUT2D eigenvalue weighted by molar-refractivity contribution is -0.0130. The maximum Gasteiger partial charge on any atom is 0.327 e. The van der Waals surface area contributed by atoms with Crippen LogP contribution in [0.3, 0.4) is 0 Å². The second kappa shape index (κ2) is 5.78. The van der Waals surface area contributed by atoms with Gasteiger partial charge >= 0.3 is 6.03 Å². The lowest BCUT2D eigenvalue weighted by Crippen LogP contribution is -2.61. The van der Waals surface area contributed by atoms with Crippen molar-refractivity contribution in [3.05, 3.63) is 48.5 Å². The van der Waals surface area contributed by atoms with Crippen molar-refractivity contribution in [3.8, 4) is 0 Å². The molecular formula is C23H24N2OS. The monoisotopic (exact) mass is 376 g/mol. The van der Waals surface area contributed by atoms with E-state index in [1.165, 1.54) is 38.5 Å². The van der Waals surface area contributed by atoms with Crippen LogP contribution in [0.1, 0.15) is 38.5 Å². The molecule has 0 aromatic heterocycles. The highest BCUT2D eigenvalue weighted by Gasteiger charge is 2.52. The van der Waals surface area contributed by atoms with Gasteiger partial charge in [0.2, 0.25) is 0 Å². The highest BCUT2D eigenvalue weighted by molar-refractivity contribution is 7.99. The summed E-state index contributed by atoms with van der Waals surface area (Å²) in [6, 6.07) is 16.6. The van der Waals surface area contributed by atoms with Gasteiger partial charge in [-0.3, -0.25) is 4.90 Å². The molecule has 138 valence electrons. The molecule has 3 nitrogen and oxygen atoms in total. The third kappa shape index (κ3) is 2.53. The van der Waals surface area contributed by atoms with Gasteiger partial charge in [-0.2, -0.15) is 0 Å². The van der Waals surface area contributed by atoms with Crippen LogP contribution in [0.25, 0.3) is 0 Å². The van der Waals surface area contributed by atoms with Crippen LogP contribution in [-0.2, 0) is 0 Å². The van der Waals surface area contributed by atoms with Crippen LogP contribution >= 0.6 is 11.8 Å². The van der Waals surface area contributed by atoms with Crippen molar-refractivity contribution in [2.75, 3.05) is 4.90 Å². The first-order chi connectivity index (χ1) is 13.2. The molecule has 4 heteroatoms. The summed E-state index contributed by atoms with van der Waals surface area (Å²) >= 11 is 1.75. The Morgan fingerprint density at radius 1 is 0.852 bits per heavy atom. The molecule has 4 bridgehead atoms. The predicted octanol–water partition coefficient (Wildman–Crippen LogP) is 5.97. The second-order valence-electron chi connectivity index (χ2n) is 9.00. The Morgan fingerprint density at radius 2 is 1.33 bits per heavy atom. The summed E-state index contributed by atoms with van der Waals surface area (Å²) in [5, 5.41) is 3.55. The summed E-state index contributed by atoms with van der Waals surface area (Å²) in [7, 11) is 0. The smallest absolute Gasteiger partial charge is 0.327 e. The van der Waals surface area contributed by atoms with Gasteiger partial charge < -0.3 is 5.32 Å². The lowest BCUT2D eigenvalue weighted by atomic mass is 9.53. The van der Waals surface area contributed by atoms with E-state index in [1.807, 2.05) is 17.0 Å². The van der Waals surface area contributed by atoms with Gasteiger partial charge in [-0.15, -0.1) is 0 Å². The molecule has 1 heterocycles. The molecule has 2 aromatic rings. The van der Waals surface area contributed by atoms with Gasteiger partial charge in [0.05, 0.1) is 11.4 Å². The number of carbonyl (C=O) groups excluding carboxylic acids is 1. The third-order valence-electron chi connectivity index (χ3n) is 7.05. The molecule has 0 atom stereocenters. The summed E-state index contributed by atoms with van der Waals surface area (Å²) in [6.45, 7) is 0. The number of nitrogens with one attached hydrogen (secondary N) is 1. The van der Waals surface area contributed by atoms with Crippen molar-refractivity contribution in [2.45, 2.75) is 53.9 Å². The second-order valence-corrected chi connectivity index (χ2v) is 10.1. The molecule has 0 unspecified atom stereocenters. The Morgan fingerprint density at radius 3 is 1.85 bits per heavy atom. The Kier molecular flexibility index (Phi) is 3.44. The molecule has 27 heavy (non-hydrogen) atoms. The van der Waals surface area contributed by atoms with E-state index in [2.05, 4.69) is 41.7 Å². The van der Waals surface area contributed by atoms with Crippen LogP contribution in [0, 0.1) is 17.8 Å². The number of hydrogen-bond donors (Lipinski definition) is 1. The molecule has 2 aromatic carbocycles. The Labute approximate surface area is 164 Å². The first-order valence-corrected chi connectivity index (χ1v) is 11.0. The number of carbonyl (C=O) groups is 1. The molecule has 1 aliphatic heterocycles. The van der Waals surface area contributed by atoms with E-state index in [4.69, 9.17) is 0 Å². The van der Waals surface area contributed by atoms with E-state index in [1.54, 1.807) is 11.8 Å². The summed E-state index contributed by atoms with van der Waals surface area (Å²) in [6.07, 6.45) is 7.70. The van der Waals surface area contributed by atoms with Gasteiger partial charge in [-0.25, -0.2) is 4.79 Å². The number of benzene rings is 2. The summed E-state index contributed by atoms with van der Waals surface area (Å²) in [5.74, 6) is 2.48. The average Bonchev–Trinajstić information content (AvgIpc) is 2.64. The number of anilines is 2. The summed E-state index contributed by atoms with van der Waals surface area (Å²) < 4.78 is 0. The predicted molar refractivity (Wildman–Crippen MR) is 109 cm³/mol. The van der Waals surface area contributed by atoms with E-state index < -0.39 is 0 Å². The first kappa shape index (κ1) is 16.1. The number of fused-ring (bicyclic) bond motifs is 2. The highest BCUT2D eigenvalue weighted by atomic mass is 32.2. The number of nitrogens with zero attached hydrogens (tertiary/aromatic N) is 1. The van der Waals surface area contributed by atoms with Crippen molar-refractivity contribution < 1.29 is 4.79 Å². The maximum atomic E-state index is 13.6. The number of urea groups is 1. The van der Waals surface area contributed by atoms with E-state index >= 15 is 0 Å². The molecule has 7 rings (SSSR count). The van der Waals surface area contributed by atoms with Gasteiger partial charge in [-0.1, -0.05) is 36.0 Å². The number of rotatable bonds is 1. The Balaban J connectivity index is 1.37. The van der Waals surface area contributed by atoms with Crippen LogP contribution in [0.5, 0.6) is 0 Å². The van der Waals surface area contributed by atoms with Crippen LogP contribution in [-0.4, -0.2) is 11.6 Å². The largest absolute Gasteiger partial charge is 0.332 e. The van der Waals surface area contributed by atoms with Crippen molar-refractivity contribution in [2.24, 2.45) is 17.8 Å². The van der Waals surface area contributed by atoms with E-state index in [-0.39, 0.29) is 11.6 Å². The van der Waals surface area contributed by atoms with Gasteiger partial charge in [0.1, 0.15) is 0 Å². The number of hydrogen-bond acceptors (Lipinski definition) is 2. The number of para-hydroxylation sites is 2. The molecular weight excluding hydrogens is 352 g/mol. The standard InChI is InChI=1S/C23H24N2OS/c26-22(24-23-12-15-9-16(13-23)11-17(10-15)14-23)25-18-5-1-3-7-20(18)27-21-8-4-2-6-19(21)25/h1-8,15-17H,9-14H2,(H,24,26). The minimum absolute atomic E-state index is 0.0281. The third-order valence-corrected chi connectivity index (χ3v) is 8.18. The molecule has 4 aliphatic carbocycles. The fourth-order valence-corrected chi connectivity index (χ4v) is 7.53. The molecule has 0 saturated heterocycles. The SMILES string of the molecule is O=C(NC12CC3CC(CC(C3)C1)C2)N1c2ccccc2Sc2ccccc21. The maximum absolute atomic E-state index is 13.6. The van der Waals surface area contributed by atoms with E-state index in [9.17, 15) is 4.79 Å². The van der Waals surface area contributed by atoms with Crippen LogP contribution in [0.15, 0.2) is 58.3 Å². The zero-order valence-corrected chi connectivity index (χ0v) is 16.2. The Hall–Kier alpha value is -1.94. The zero-order valence-electron chi connectivity index (χ0n) is 15.4. The number of amides is 2. The molecule has 0 spiro atoms. The summed E-state index contributed by atoms with van der Waals surface area (Å²) in [5.41, 5.74) is 2.03. The normalized spacial score (nSPS) is 32.7. The lowest BCUT2D eigenvalue weighted by Gasteiger charge is -2.57. The van der Waals surface area contributed by atoms with Crippen molar-refractivity contribution >= 4 is 29.2 Å². The molecule has 4 saturated carbocycles. The highest BCUT2D eigenvalue weighted by Crippen LogP contribution is 2.56. The van der Waals surface area contributed by atoms with Gasteiger partial charge in [0.15, 0.2) is 0 Å². The fraction of sp³-hybridized carbons (Fsp3) is 0.435. The minimum atomic E-state index is 0.0281. The topological polar surface area (TPSA) is 32.3 Å². The van der Waals surface area contributed by atoms with Crippen molar-refractivity contribution in [1.82, 2.24) is 5.32 Å². The van der Waals surface area contributed by atoms with E-state index in [0.29, 0.717) is 0 Å². The summed E-state index contributed by atoms with van der Waals surface area (Å²) in [4.78, 5) is 17.8. The van der Waals surface area contributed by atoms with Crippen LogP contribution in [0.4, 0.5) is 16.2 Å². The molecule has 0 radical (unpaired) electrons. The minimum Gasteiger partial charge on any atom is -0.332 e. The fourth-order valence-electron chi connectivity index (χ4n) is 6.47. The van der Waals surface area contributed by atoms with Crippen molar-refractivity contribution in [1.29, 1.82) is 0 Å². The average molecular weight is 377 g/mol. The molecule has 2 amide bonds. The zero-order chi connectivity index (χ0) is 18.0. The molecule has 4 fully saturated rings. The van der Waals surface area contributed by atoms with Crippen LogP contribution in [0.2, 0.25) is 0 Å². The van der Waals surface area contributed by atoms with Crippen LogP contribution < -0.4 is 10.2 Å². The molecule has 5 aliphatic rings. The first-order valence-electron chi connectivity index (χ1n) is 10.2. The Bertz CT molecular complexity index is 843. The molecule has 1 N–H and O–H groups in total. The van der Waals surface area contributed by atoms with E-state index in [0.717, 1.165) is 38.9 Å². The quantitative estimate of drug-likeness (QED) is 0.665.